The van der Waals surface area contributed by atoms with Crippen molar-refractivity contribution >= 4 is 29.7 Å². The van der Waals surface area contributed by atoms with Gasteiger partial charge in [0.15, 0.2) is 0 Å². The Morgan fingerprint density at radius 2 is 2.40 bits per heavy atom. The highest BCUT2D eigenvalue weighted by molar-refractivity contribution is 7.07. The van der Waals surface area contributed by atoms with E-state index >= 15 is 0 Å². The van der Waals surface area contributed by atoms with Crippen LogP contribution in [0.3, 0.4) is 0 Å². The molecule has 0 fully saturated rings. The first-order chi connectivity index (χ1) is 4.29. The summed E-state index contributed by atoms with van der Waals surface area (Å²) >= 11 is 1.57. The summed E-state index contributed by atoms with van der Waals surface area (Å²) in [6, 6.07) is 1.90. The molecule has 1 amide bonds. The van der Waals surface area contributed by atoms with E-state index in [9.17, 15) is 4.79 Å². The lowest BCUT2D eigenvalue weighted by molar-refractivity contribution is -0.117. The Hall–Kier alpha value is -0.540. The van der Waals surface area contributed by atoms with Crippen molar-refractivity contribution in [1.29, 1.82) is 0 Å². The summed E-state index contributed by atoms with van der Waals surface area (Å²) in [5.41, 5.74) is 5.96. The summed E-state index contributed by atoms with van der Waals surface area (Å²) in [5, 5.41) is 3.85. The SMILES string of the molecule is Cl.NC(=O)Cc1ccsc1. The number of nitrogens with two attached hydrogens (primary N) is 1. The van der Waals surface area contributed by atoms with Gasteiger partial charge in [0.25, 0.3) is 0 Å². The molecule has 0 spiro atoms. The molecule has 1 aromatic rings. The Morgan fingerprint density at radius 1 is 1.70 bits per heavy atom. The van der Waals surface area contributed by atoms with E-state index in [0.717, 1.165) is 5.56 Å². The summed E-state index contributed by atoms with van der Waals surface area (Å²) < 4.78 is 0. The van der Waals surface area contributed by atoms with Crippen molar-refractivity contribution in [2.75, 3.05) is 0 Å². The maximum atomic E-state index is 10.3. The van der Waals surface area contributed by atoms with Crippen molar-refractivity contribution in [2.24, 2.45) is 5.73 Å². The molecule has 0 aliphatic carbocycles. The molecule has 1 heterocycles. The predicted octanol–water partition coefficient (Wildman–Crippen LogP) is 1.20. The first-order valence-electron chi connectivity index (χ1n) is 2.58. The van der Waals surface area contributed by atoms with Gasteiger partial charge in [-0.3, -0.25) is 4.79 Å². The third kappa shape index (κ3) is 2.85. The van der Waals surface area contributed by atoms with Gasteiger partial charge in [-0.15, -0.1) is 12.4 Å². The van der Waals surface area contributed by atoms with E-state index in [2.05, 4.69) is 0 Å². The zero-order chi connectivity index (χ0) is 6.69. The Morgan fingerprint density at radius 3 is 2.80 bits per heavy atom. The number of thiophene rings is 1. The molecule has 0 radical (unpaired) electrons. The molecule has 10 heavy (non-hydrogen) atoms. The molecule has 0 saturated carbocycles. The van der Waals surface area contributed by atoms with Crippen molar-refractivity contribution in [2.45, 2.75) is 6.42 Å². The summed E-state index contributed by atoms with van der Waals surface area (Å²) in [7, 11) is 0. The molecule has 1 aromatic heterocycles. The largest absolute Gasteiger partial charge is 0.369 e. The van der Waals surface area contributed by atoms with Gasteiger partial charge >= 0.3 is 0 Å². The quantitative estimate of drug-likeness (QED) is 0.725. The van der Waals surface area contributed by atoms with Crippen molar-refractivity contribution < 1.29 is 4.79 Å². The second kappa shape index (κ2) is 4.30. The molecule has 2 nitrogen and oxygen atoms in total. The van der Waals surface area contributed by atoms with E-state index in [4.69, 9.17) is 5.73 Å². The number of hydrogen-bond acceptors (Lipinski definition) is 2. The lowest BCUT2D eigenvalue weighted by atomic mass is 10.2. The maximum absolute atomic E-state index is 10.3. The van der Waals surface area contributed by atoms with Gasteiger partial charge in [-0.1, -0.05) is 0 Å². The molecule has 0 unspecified atom stereocenters. The van der Waals surface area contributed by atoms with Gasteiger partial charge in [-0.05, 0) is 22.4 Å². The molecule has 0 saturated heterocycles. The van der Waals surface area contributed by atoms with Crippen LogP contribution in [-0.2, 0) is 11.2 Å². The first kappa shape index (κ1) is 9.46. The molecule has 56 valence electrons. The monoisotopic (exact) mass is 177 g/mol. The van der Waals surface area contributed by atoms with Gasteiger partial charge in [0.2, 0.25) is 5.91 Å². The van der Waals surface area contributed by atoms with Gasteiger partial charge < -0.3 is 5.73 Å². The van der Waals surface area contributed by atoms with Gasteiger partial charge in [-0.25, -0.2) is 0 Å². The number of rotatable bonds is 2. The summed E-state index contributed by atoms with van der Waals surface area (Å²) in [5.74, 6) is -0.270. The van der Waals surface area contributed by atoms with Gasteiger partial charge in [0, 0.05) is 0 Å². The zero-order valence-electron chi connectivity index (χ0n) is 5.24. The summed E-state index contributed by atoms with van der Waals surface area (Å²) in [4.78, 5) is 10.3. The molecule has 0 atom stereocenters. The molecule has 2 N–H and O–H groups in total. The Bertz CT molecular complexity index is 198. The lowest BCUT2D eigenvalue weighted by Crippen LogP contribution is -2.12. The normalized spacial score (nSPS) is 8.40. The van der Waals surface area contributed by atoms with Crippen LogP contribution >= 0.6 is 23.7 Å². The fourth-order valence-corrected chi connectivity index (χ4v) is 1.26. The average molecular weight is 178 g/mol. The minimum absolute atomic E-state index is 0. The molecule has 0 aliphatic rings. The van der Waals surface area contributed by atoms with Crippen LogP contribution in [-0.4, -0.2) is 5.91 Å². The number of carbonyl (C=O) groups is 1. The van der Waals surface area contributed by atoms with Gasteiger partial charge in [-0.2, -0.15) is 11.3 Å². The number of carbonyl (C=O) groups excluding carboxylic acids is 1. The molecule has 1 rings (SSSR count). The smallest absolute Gasteiger partial charge is 0.221 e. The number of amides is 1. The topological polar surface area (TPSA) is 43.1 Å². The second-order valence-electron chi connectivity index (χ2n) is 1.77. The van der Waals surface area contributed by atoms with Crippen molar-refractivity contribution in [3.8, 4) is 0 Å². The van der Waals surface area contributed by atoms with Crippen molar-refractivity contribution in [3.63, 3.8) is 0 Å². The summed E-state index contributed by atoms with van der Waals surface area (Å²) in [6.07, 6.45) is 0.365. The van der Waals surface area contributed by atoms with E-state index in [1.807, 2.05) is 16.8 Å². The molecular weight excluding hydrogens is 170 g/mol. The van der Waals surface area contributed by atoms with E-state index in [0.29, 0.717) is 6.42 Å². The van der Waals surface area contributed by atoms with E-state index in [-0.39, 0.29) is 18.3 Å². The first-order valence-corrected chi connectivity index (χ1v) is 3.52. The standard InChI is InChI=1S/C6H7NOS.ClH/c7-6(8)3-5-1-2-9-4-5;/h1-2,4H,3H2,(H2,7,8);1H. The summed E-state index contributed by atoms with van der Waals surface area (Å²) in [6.45, 7) is 0. The molecule has 0 aliphatic heterocycles. The fourth-order valence-electron chi connectivity index (χ4n) is 0.594. The molecular formula is C6H8ClNOS. The van der Waals surface area contributed by atoms with Crippen LogP contribution in [0, 0.1) is 0 Å². The number of hydrogen-bond donors (Lipinski definition) is 1. The highest BCUT2D eigenvalue weighted by atomic mass is 35.5. The predicted molar refractivity (Wildman–Crippen MR) is 44.5 cm³/mol. The highest BCUT2D eigenvalue weighted by Crippen LogP contribution is 2.05. The Labute approximate surface area is 69.5 Å². The van der Waals surface area contributed by atoms with E-state index in [1.54, 1.807) is 11.3 Å². The van der Waals surface area contributed by atoms with Crippen LogP contribution in [0.25, 0.3) is 0 Å². The minimum Gasteiger partial charge on any atom is -0.369 e. The Kier molecular flexibility index (Phi) is 4.07. The van der Waals surface area contributed by atoms with E-state index in [1.165, 1.54) is 0 Å². The van der Waals surface area contributed by atoms with E-state index < -0.39 is 0 Å². The highest BCUT2D eigenvalue weighted by Gasteiger charge is 1.95. The second-order valence-corrected chi connectivity index (χ2v) is 2.55. The van der Waals surface area contributed by atoms with Crippen LogP contribution in [0.4, 0.5) is 0 Å². The van der Waals surface area contributed by atoms with Gasteiger partial charge in [0.1, 0.15) is 0 Å². The number of halogens is 1. The zero-order valence-corrected chi connectivity index (χ0v) is 6.87. The van der Waals surface area contributed by atoms with Crippen LogP contribution < -0.4 is 5.73 Å². The van der Waals surface area contributed by atoms with Crippen molar-refractivity contribution in [3.05, 3.63) is 22.4 Å². The third-order valence-electron chi connectivity index (χ3n) is 0.958. The Balaban J connectivity index is 0.000000810. The molecule has 0 aromatic carbocycles. The lowest BCUT2D eigenvalue weighted by Gasteiger charge is -1.86. The minimum atomic E-state index is -0.270. The average Bonchev–Trinajstić information content (AvgIpc) is 2.15. The third-order valence-corrected chi connectivity index (χ3v) is 1.69. The number of primary amides is 1. The fraction of sp³-hybridized carbons (Fsp3) is 0.167. The van der Waals surface area contributed by atoms with Crippen LogP contribution in [0.15, 0.2) is 16.8 Å². The molecule has 4 heteroatoms. The maximum Gasteiger partial charge on any atom is 0.221 e. The van der Waals surface area contributed by atoms with Crippen LogP contribution in [0.2, 0.25) is 0 Å². The van der Waals surface area contributed by atoms with Crippen LogP contribution in [0.1, 0.15) is 5.56 Å². The van der Waals surface area contributed by atoms with Crippen LogP contribution in [0.5, 0.6) is 0 Å². The molecule has 0 bridgehead atoms. The van der Waals surface area contributed by atoms with Gasteiger partial charge in [0.05, 0.1) is 6.42 Å². The van der Waals surface area contributed by atoms with Crippen molar-refractivity contribution in [1.82, 2.24) is 0 Å².